The Kier molecular flexibility index (Phi) is 6.86. The van der Waals surface area contributed by atoms with E-state index in [1.54, 1.807) is 6.07 Å². The number of nitrogens with zero attached hydrogens (tertiary/aromatic N) is 3. The van der Waals surface area contributed by atoms with Crippen molar-refractivity contribution in [2.75, 3.05) is 13.2 Å². The molecule has 0 bridgehead atoms. The van der Waals surface area contributed by atoms with Crippen LogP contribution in [0.15, 0.2) is 36.4 Å². The summed E-state index contributed by atoms with van der Waals surface area (Å²) in [6.45, 7) is 0.745. The fourth-order valence-electron chi connectivity index (χ4n) is 4.54. The molecule has 0 spiro atoms. The molecule has 170 valence electrons. The summed E-state index contributed by atoms with van der Waals surface area (Å²) < 4.78 is 33.2. The first kappa shape index (κ1) is 22.7. The predicted molar refractivity (Wildman–Crippen MR) is 113 cm³/mol. The zero-order chi connectivity index (χ0) is 23.4. The van der Waals surface area contributed by atoms with Crippen molar-refractivity contribution in [1.82, 2.24) is 5.06 Å². The predicted octanol–water partition coefficient (Wildman–Crippen LogP) is 4.80. The third-order valence-electron chi connectivity index (χ3n) is 6.24. The maximum atomic E-state index is 13.9. The molecule has 2 aromatic carbocycles. The number of carbonyl (C=O) groups excluding carboxylic acids is 1. The van der Waals surface area contributed by atoms with Crippen LogP contribution in [-0.4, -0.2) is 24.2 Å². The van der Waals surface area contributed by atoms with E-state index in [0.29, 0.717) is 43.8 Å². The summed E-state index contributed by atoms with van der Waals surface area (Å²) in [5.74, 6) is -0.805. The number of hydroxylamine groups is 2. The Bertz CT molecular complexity index is 1120. The first-order chi connectivity index (χ1) is 16.0. The number of ether oxygens (including phenoxy) is 1. The van der Waals surface area contributed by atoms with E-state index in [0.717, 1.165) is 18.9 Å². The van der Waals surface area contributed by atoms with Gasteiger partial charge in [0.05, 0.1) is 42.5 Å². The van der Waals surface area contributed by atoms with E-state index in [-0.39, 0.29) is 28.9 Å². The molecule has 0 N–H and O–H groups in total. The van der Waals surface area contributed by atoms with E-state index < -0.39 is 17.7 Å². The smallest absolute Gasteiger partial charge is 0.249 e. The largest absolute Gasteiger partial charge is 0.493 e. The molecular weight excluding hydrogens is 428 g/mol. The lowest BCUT2D eigenvalue weighted by molar-refractivity contribution is -0.183. The Morgan fingerprint density at radius 3 is 2.33 bits per heavy atom. The number of amides is 1. The van der Waals surface area contributed by atoms with Crippen molar-refractivity contribution < 1.29 is 23.1 Å². The molecule has 4 rings (SSSR count). The van der Waals surface area contributed by atoms with Gasteiger partial charge in [0.15, 0.2) is 0 Å². The zero-order valence-corrected chi connectivity index (χ0v) is 18.0. The van der Waals surface area contributed by atoms with E-state index in [4.69, 9.17) is 20.1 Å². The summed E-state index contributed by atoms with van der Waals surface area (Å²) >= 11 is 0. The van der Waals surface area contributed by atoms with Gasteiger partial charge in [-0.15, -0.1) is 0 Å². The first-order valence-corrected chi connectivity index (χ1v) is 11.0. The summed E-state index contributed by atoms with van der Waals surface area (Å²) in [7, 11) is 0. The van der Waals surface area contributed by atoms with Gasteiger partial charge in [-0.3, -0.25) is 9.63 Å². The van der Waals surface area contributed by atoms with Crippen LogP contribution in [0.1, 0.15) is 54.8 Å². The fourth-order valence-corrected chi connectivity index (χ4v) is 4.54. The van der Waals surface area contributed by atoms with Crippen LogP contribution in [-0.2, 0) is 9.63 Å². The normalized spacial score (nSPS) is 22.4. The van der Waals surface area contributed by atoms with Crippen LogP contribution in [0.2, 0.25) is 0 Å². The minimum atomic E-state index is -0.515. The molecule has 1 saturated carbocycles. The monoisotopic (exact) mass is 451 g/mol. The van der Waals surface area contributed by atoms with Gasteiger partial charge in [-0.25, -0.2) is 13.8 Å². The highest BCUT2D eigenvalue weighted by molar-refractivity contribution is 5.78. The third kappa shape index (κ3) is 5.30. The number of halogens is 2. The number of nitriles is 2. The standard InChI is InChI=1S/C25H23F2N3O3/c26-21-8-17(13-28)7-20(11-21)24-5-6-33-30(24)25(31)19-3-1-16(2-4-19)15-32-23-10-18(14-29)9-22(27)12-23/h7-12,16,19,24H,1-6,15H2/t16?,19?,24-/m0/s1. The number of rotatable bonds is 5. The molecule has 1 amide bonds. The van der Waals surface area contributed by atoms with Gasteiger partial charge in [0.1, 0.15) is 17.4 Å². The van der Waals surface area contributed by atoms with E-state index in [2.05, 4.69) is 0 Å². The van der Waals surface area contributed by atoms with Crippen LogP contribution < -0.4 is 4.74 Å². The Balaban J connectivity index is 1.33. The minimum absolute atomic E-state index is 0.122. The molecule has 2 aliphatic rings. The van der Waals surface area contributed by atoms with Crippen molar-refractivity contribution in [1.29, 1.82) is 10.5 Å². The summed E-state index contributed by atoms with van der Waals surface area (Å²) in [6.07, 6.45) is 3.42. The molecule has 33 heavy (non-hydrogen) atoms. The van der Waals surface area contributed by atoms with E-state index >= 15 is 0 Å². The van der Waals surface area contributed by atoms with Crippen molar-refractivity contribution in [3.8, 4) is 17.9 Å². The molecule has 6 nitrogen and oxygen atoms in total. The van der Waals surface area contributed by atoms with Crippen LogP contribution in [0, 0.1) is 46.1 Å². The van der Waals surface area contributed by atoms with Crippen molar-refractivity contribution in [2.24, 2.45) is 11.8 Å². The minimum Gasteiger partial charge on any atom is -0.493 e. The van der Waals surface area contributed by atoms with Gasteiger partial charge in [0.2, 0.25) is 5.91 Å². The molecule has 1 aliphatic heterocycles. The highest BCUT2D eigenvalue weighted by Gasteiger charge is 2.37. The average molecular weight is 451 g/mol. The molecule has 1 aliphatic carbocycles. The highest BCUT2D eigenvalue weighted by Crippen LogP contribution is 2.37. The van der Waals surface area contributed by atoms with Gasteiger partial charge in [-0.2, -0.15) is 10.5 Å². The molecule has 1 saturated heterocycles. The second-order valence-electron chi connectivity index (χ2n) is 8.50. The molecular formula is C25H23F2N3O3. The van der Waals surface area contributed by atoms with Crippen molar-refractivity contribution >= 4 is 5.91 Å². The van der Waals surface area contributed by atoms with Crippen LogP contribution in [0.5, 0.6) is 5.75 Å². The Labute approximate surface area is 190 Å². The second-order valence-corrected chi connectivity index (χ2v) is 8.50. The number of hydrogen-bond donors (Lipinski definition) is 0. The maximum Gasteiger partial charge on any atom is 0.249 e. The van der Waals surface area contributed by atoms with Gasteiger partial charge in [-0.1, -0.05) is 0 Å². The number of hydrogen-bond acceptors (Lipinski definition) is 5. The quantitative estimate of drug-likeness (QED) is 0.652. The van der Waals surface area contributed by atoms with Gasteiger partial charge < -0.3 is 4.74 Å². The molecule has 2 aromatic rings. The summed E-state index contributed by atoms with van der Waals surface area (Å²) in [5, 5.41) is 19.4. The first-order valence-electron chi connectivity index (χ1n) is 11.0. The lowest BCUT2D eigenvalue weighted by Crippen LogP contribution is -2.37. The summed E-state index contributed by atoms with van der Waals surface area (Å²) in [6, 6.07) is 11.5. The summed E-state index contributed by atoms with van der Waals surface area (Å²) in [4.78, 5) is 18.8. The average Bonchev–Trinajstić information content (AvgIpc) is 3.32. The molecule has 1 atom stereocenters. The van der Waals surface area contributed by atoms with E-state index in [1.807, 2.05) is 12.1 Å². The molecule has 8 heteroatoms. The second kappa shape index (κ2) is 9.97. The topological polar surface area (TPSA) is 86.3 Å². The zero-order valence-electron chi connectivity index (χ0n) is 18.0. The van der Waals surface area contributed by atoms with Gasteiger partial charge in [0, 0.05) is 18.4 Å². The van der Waals surface area contributed by atoms with Crippen LogP contribution >= 0.6 is 0 Å². The van der Waals surface area contributed by atoms with E-state index in [1.165, 1.54) is 29.3 Å². The molecule has 0 unspecified atom stereocenters. The third-order valence-corrected chi connectivity index (χ3v) is 6.24. The maximum absolute atomic E-state index is 13.9. The Morgan fingerprint density at radius 1 is 0.970 bits per heavy atom. The van der Waals surface area contributed by atoms with Crippen LogP contribution in [0.25, 0.3) is 0 Å². The van der Waals surface area contributed by atoms with E-state index in [9.17, 15) is 13.6 Å². The Hall–Kier alpha value is -3.49. The molecule has 0 aromatic heterocycles. The molecule has 0 radical (unpaired) electrons. The van der Waals surface area contributed by atoms with Crippen molar-refractivity contribution in [2.45, 2.75) is 38.1 Å². The van der Waals surface area contributed by atoms with Crippen LogP contribution in [0.3, 0.4) is 0 Å². The molecule has 1 heterocycles. The number of carbonyl (C=O) groups is 1. The lowest BCUT2D eigenvalue weighted by atomic mass is 9.81. The van der Waals surface area contributed by atoms with Crippen molar-refractivity contribution in [3.05, 3.63) is 64.7 Å². The SMILES string of the molecule is N#Cc1cc(F)cc(OCC2CCC(C(=O)N3OCC[C@H]3c3cc(F)cc(C#N)c3)CC2)c1. The van der Waals surface area contributed by atoms with Crippen LogP contribution in [0.4, 0.5) is 8.78 Å². The van der Waals surface area contributed by atoms with Gasteiger partial charge >= 0.3 is 0 Å². The highest BCUT2D eigenvalue weighted by atomic mass is 19.1. The number of benzene rings is 2. The van der Waals surface area contributed by atoms with Gasteiger partial charge in [0.25, 0.3) is 0 Å². The lowest BCUT2D eigenvalue weighted by Gasteiger charge is -2.32. The van der Waals surface area contributed by atoms with Crippen molar-refractivity contribution in [3.63, 3.8) is 0 Å². The fraction of sp³-hybridized carbons (Fsp3) is 0.400. The Morgan fingerprint density at radius 2 is 1.64 bits per heavy atom. The summed E-state index contributed by atoms with van der Waals surface area (Å²) in [5.41, 5.74) is 0.982. The molecule has 2 fully saturated rings. The van der Waals surface area contributed by atoms with Gasteiger partial charge in [-0.05, 0) is 67.5 Å².